The van der Waals surface area contributed by atoms with E-state index in [0.717, 1.165) is 0 Å². The molecule has 1 saturated heterocycles. The Morgan fingerprint density at radius 2 is 1.85 bits per heavy atom. The first-order chi connectivity index (χ1) is 12.5. The molecule has 138 valence electrons. The third kappa shape index (κ3) is 4.04. The van der Waals surface area contributed by atoms with Crippen molar-refractivity contribution in [3.63, 3.8) is 0 Å². The molecule has 1 heterocycles. The lowest BCUT2D eigenvalue weighted by atomic mass is 10.2. The molecule has 0 atom stereocenters. The first kappa shape index (κ1) is 18.4. The highest BCUT2D eigenvalue weighted by Gasteiger charge is 2.26. The minimum absolute atomic E-state index is 0.122. The number of para-hydroxylation sites is 1. The highest BCUT2D eigenvalue weighted by Crippen LogP contribution is 2.21. The molecular formula is C18H20N2O5S. The van der Waals surface area contributed by atoms with Gasteiger partial charge >= 0.3 is 0 Å². The molecule has 0 unspecified atom stereocenters. The SMILES string of the molecule is NC(=O)c1ccccc1OCc1cccc(S(=O)(=O)N2CCOCC2)c1. The van der Waals surface area contributed by atoms with Gasteiger partial charge in [0.25, 0.3) is 5.91 Å². The summed E-state index contributed by atoms with van der Waals surface area (Å²) in [6.45, 7) is 1.60. The minimum Gasteiger partial charge on any atom is -0.488 e. The van der Waals surface area contributed by atoms with Crippen molar-refractivity contribution in [2.24, 2.45) is 5.73 Å². The van der Waals surface area contributed by atoms with Gasteiger partial charge in [-0.1, -0.05) is 24.3 Å². The fourth-order valence-corrected chi connectivity index (χ4v) is 4.17. The Kier molecular flexibility index (Phi) is 5.55. The van der Waals surface area contributed by atoms with Gasteiger partial charge in [0.2, 0.25) is 10.0 Å². The highest BCUT2D eigenvalue weighted by molar-refractivity contribution is 7.89. The fraction of sp³-hybridized carbons (Fsp3) is 0.278. The van der Waals surface area contributed by atoms with Gasteiger partial charge < -0.3 is 15.2 Å². The maximum absolute atomic E-state index is 12.7. The molecule has 0 aromatic heterocycles. The monoisotopic (exact) mass is 376 g/mol. The van der Waals surface area contributed by atoms with Crippen LogP contribution in [0.2, 0.25) is 0 Å². The molecular weight excluding hydrogens is 356 g/mol. The lowest BCUT2D eigenvalue weighted by Gasteiger charge is -2.26. The average Bonchev–Trinajstić information content (AvgIpc) is 2.67. The number of nitrogens with two attached hydrogens (primary N) is 1. The Balaban J connectivity index is 1.77. The lowest BCUT2D eigenvalue weighted by molar-refractivity contribution is 0.0730. The predicted octanol–water partition coefficient (Wildman–Crippen LogP) is 1.39. The third-order valence-corrected chi connectivity index (χ3v) is 5.95. The van der Waals surface area contributed by atoms with Crippen LogP contribution < -0.4 is 10.5 Å². The molecule has 1 aliphatic heterocycles. The second-order valence-corrected chi connectivity index (χ2v) is 7.75. The molecule has 26 heavy (non-hydrogen) atoms. The van der Waals surface area contributed by atoms with Gasteiger partial charge in [0.1, 0.15) is 12.4 Å². The second-order valence-electron chi connectivity index (χ2n) is 5.81. The van der Waals surface area contributed by atoms with E-state index < -0.39 is 15.9 Å². The van der Waals surface area contributed by atoms with E-state index in [1.165, 1.54) is 4.31 Å². The number of carbonyl (C=O) groups excluding carboxylic acids is 1. The van der Waals surface area contributed by atoms with Crippen molar-refractivity contribution >= 4 is 15.9 Å². The van der Waals surface area contributed by atoms with Crippen molar-refractivity contribution in [1.82, 2.24) is 4.31 Å². The zero-order valence-corrected chi connectivity index (χ0v) is 14.9. The van der Waals surface area contributed by atoms with Crippen molar-refractivity contribution < 1.29 is 22.7 Å². The van der Waals surface area contributed by atoms with Crippen LogP contribution in [0.15, 0.2) is 53.4 Å². The predicted molar refractivity (Wildman–Crippen MR) is 95.3 cm³/mol. The molecule has 1 amide bonds. The molecule has 0 bridgehead atoms. The number of hydrogen-bond donors (Lipinski definition) is 1. The summed E-state index contributed by atoms with van der Waals surface area (Å²) in [6, 6.07) is 13.2. The van der Waals surface area contributed by atoms with Gasteiger partial charge in [-0.25, -0.2) is 8.42 Å². The number of carbonyl (C=O) groups is 1. The van der Waals surface area contributed by atoms with Crippen molar-refractivity contribution in [1.29, 1.82) is 0 Å². The summed E-state index contributed by atoms with van der Waals surface area (Å²) >= 11 is 0. The van der Waals surface area contributed by atoms with Gasteiger partial charge in [0.15, 0.2) is 0 Å². The van der Waals surface area contributed by atoms with Gasteiger partial charge in [0, 0.05) is 13.1 Å². The molecule has 2 aromatic rings. The molecule has 0 spiro atoms. The number of benzene rings is 2. The van der Waals surface area contributed by atoms with E-state index in [4.69, 9.17) is 15.2 Å². The van der Waals surface area contributed by atoms with Gasteiger partial charge in [-0.2, -0.15) is 4.31 Å². The fourth-order valence-electron chi connectivity index (χ4n) is 2.69. The first-order valence-corrected chi connectivity index (χ1v) is 9.61. The lowest BCUT2D eigenvalue weighted by Crippen LogP contribution is -2.40. The van der Waals surface area contributed by atoms with Crippen molar-refractivity contribution in [2.75, 3.05) is 26.3 Å². The van der Waals surface area contributed by atoms with Gasteiger partial charge in [-0.05, 0) is 29.8 Å². The Bertz CT molecular complexity index is 892. The van der Waals surface area contributed by atoms with Crippen LogP contribution >= 0.6 is 0 Å². The van der Waals surface area contributed by atoms with E-state index in [9.17, 15) is 13.2 Å². The molecule has 1 aliphatic rings. The Morgan fingerprint density at radius 3 is 2.58 bits per heavy atom. The zero-order valence-electron chi connectivity index (χ0n) is 14.1. The quantitative estimate of drug-likeness (QED) is 0.821. The van der Waals surface area contributed by atoms with E-state index >= 15 is 0 Å². The Labute approximate surface area is 152 Å². The summed E-state index contributed by atoms with van der Waals surface area (Å²) in [7, 11) is -3.57. The number of sulfonamides is 1. The van der Waals surface area contributed by atoms with Crippen LogP contribution in [-0.4, -0.2) is 44.9 Å². The molecule has 0 aliphatic carbocycles. The summed E-state index contributed by atoms with van der Waals surface area (Å²) in [6.07, 6.45) is 0. The van der Waals surface area contributed by atoms with Crippen LogP contribution in [0, 0.1) is 0 Å². The van der Waals surface area contributed by atoms with E-state index in [-0.39, 0.29) is 17.1 Å². The van der Waals surface area contributed by atoms with Gasteiger partial charge in [0.05, 0.1) is 23.7 Å². The molecule has 2 N–H and O–H groups in total. The molecule has 3 rings (SSSR count). The van der Waals surface area contributed by atoms with Crippen LogP contribution in [0.25, 0.3) is 0 Å². The van der Waals surface area contributed by atoms with Crippen LogP contribution in [0.3, 0.4) is 0 Å². The number of amides is 1. The van der Waals surface area contributed by atoms with E-state index in [0.29, 0.717) is 37.6 Å². The molecule has 0 radical (unpaired) electrons. The van der Waals surface area contributed by atoms with Crippen LogP contribution in [0.5, 0.6) is 5.75 Å². The molecule has 8 heteroatoms. The molecule has 2 aromatic carbocycles. The van der Waals surface area contributed by atoms with Gasteiger partial charge in [-0.3, -0.25) is 4.79 Å². The van der Waals surface area contributed by atoms with E-state index in [1.807, 2.05) is 0 Å². The number of nitrogens with zero attached hydrogens (tertiary/aromatic N) is 1. The van der Waals surface area contributed by atoms with Crippen molar-refractivity contribution in [3.8, 4) is 5.75 Å². The second kappa shape index (κ2) is 7.86. The maximum Gasteiger partial charge on any atom is 0.252 e. The van der Waals surface area contributed by atoms with Crippen molar-refractivity contribution in [2.45, 2.75) is 11.5 Å². The Hall–Kier alpha value is -2.42. The number of ether oxygens (including phenoxy) is 2. The minimum atomic E-state index is -3.57. The highest BCUT2D eigenvalue weighted by atomic mass is 32.2. The molecule has 0 saturated carbocycles. The third-order valence-electron chi connectivity index (χ3n) is 4.05. The molecule has 7 nitrogen and oxygen atoms in total. The van der Waals surface area contributed by atoms with Crippen LogP contribution in [-0.2, 0) is 21.4 Å². The standard InChI is InChI=1S/C18H20N2O5S/c19-18(21)16-6-1-2-7-17(16)25-13-14-4-3-5-15(12-14)26(22,23)20-8-10-24-11-9-20/h1-7,12H,8-11,13H2,(H2,19,21). The largest absolute Gasteiger partial charge is 0.488 e. The molecule has 1 fully saturated rings. The number of hydrogen-bond acceptors (Lipinski definition) is 5. The number of primary amides is 1. The van der Waals surface area contributed by atoms with E-state index in [1.54, 1.807) is 48.5 Å². The summed E-state index contributed by atoms with van der Waals surface area (Å²) in [5.41, 5.74) is 6.29. The van der Waals surface area contributed by atoms with E-state index in [2.05, 4.69) is 0 Å². The number of rotatable bonds is 6. The smallest absolute Gasteiger partial charge is 0.252 e. The summed E-state index contributed by atoms with van der Waals surface area (Å²) in [5.74, 6) is -0.217. The first-order valence-electron chi connectivity index (χ1n) is 8.17. The Morgan fingerprint density at radius 1 is 1.12 bits per heavy atom. The maximum atomic E-state index is 12.7. The summed E-state index contributed by atoms with van der Waals surface area (Å²) in [4.78, 5) is 11.7. The topological polar surface area (TPSA) is 98.9 Å². The zero-order chi connectivity index (χ0) is 18.6. The normalized spacial score (nSPS) is 15.5. The summed E-state index contributed by atoms with van der Waals surface area (Å²) < 4.78 is 37.7. The van der Waals surface area contributed by atoms with Crippen LogP contribution in [0.4, 0.5) is 0 Å². The van der Waals surface area contributed by atoms with Crippen molar-refractivity contribution in [3.05, 3.63) is 59.7 Å². The van der Waals surface area contributed by atoms with Gasteiger partial charge in [-0.15, -0.1) is 0 Å². The summed E-state index contributed by atoms with van der Waals surface area (Å²) in [5, 5.41) is 0. The number of morpholine rings is 1. The average molecular weight is 376 g/mol. The van der Waals surface area contributed by atoms with Crippen LogP contribution in [0.1, 0.15) is 15.9 Å².